The van der Waals surface area contributed by atoms with Gasteiger partial charge in [0.25, 0.3) is 0 Å². The Morgan fingerprint density at radius 2 is 1.82 bits per heavy atom. The predicted molar refractivity (Wildman–Crippen MR) is 111 cm³/mol. The van der Waals surface area contributed by atoms with Gasteiger partial charge < -0.3 is 5.11 Å². The van der Waals surface area contributed by atoms with Crippen LogP contribution >= 0.6 is 0 Å². The second kappa shape index (κ2) is 7.95. The molecule has 2 unspecified atom stereocenters. The molecule has 1 aliphatic rings. The topological polar surface area (TPSA) is 88.1 Å². The number of aliphatic hydroxyl groups is 1. The number of azo groups is 1. The molecule has 1 aliphatic carbocycles. The fourth-order valence-electron chi connectivity index (χ4n) is 3.23. The zero-order valence-electron chi connectivity index (χ0n) is 17.6. The lowest BCUT2D eigenvalue weighted by Crippen LogP contribution is -2.53. The Morgan fingerprint density at radius 1 is 1.18 bits per heavy atom. The molecule has 0 amide bonds. The molecule has 0 spiro atoms. The van der Waals surface area contributed by atoms with Crippen molar-refractivity contribution in [1.82, 2.24) is 0 Å². The van der Waals surface area contributed by atoms with Crippen LogP contribution in [0.4, 0.5) is 5.69 Å². The van der Waals surface area contributed by atoms with Crippen LogP contribution in [-0.4, -0.2) is 21.8 Å². The summed E-state index contributed by atoms with van der Waals surface area (Å²) in [5.41, 5.74) is -0.755. The summed E-state index contributed by atoms with van der Waals surface area (Å²) in [6.07, 6.45) is 6.50. The van der Waals surface area contributed by atoms with Crippen LogP contribution in [0.3, 0.4) is 0 Å². The molecule has 0 aromatic heterocycles. The number of allylic oxidation sites excluding steroid dienone is 2. The van der Waals surface area contributed by atoms with Crippen LogP contribution in [-0.2, 0) is 5.41 Å². The first-order valence-corrected chi connectivity index (χ1v) is 9.76. The van der Waals surface area contributed by atoms with Gasteiger partial charge in [0.1, 0.15) is 0 Å². The van der Waals surface area contributed by atoms with E-state index < -0.39 is 22.1 Å². The van der Waals surface area contributed by atoms with Crippen LogP contribution in [0.5, 0.6) is 0 Å². The van der Waals surface area contributed by atoms with Gasteiger partial charge in [-0.1, -0.05) is 65.8 Å². The van der Waals surface area contributed by atoms with Gasteiger partial charge in [-0.25, -0.2) is 0 Å². The van der Waals surface area contributed by atoms with Crippen molar-refractivity contribution in [2.45, 2.75) is 71.6 Å². The zero-order valence-corrected chi connectivity index (χ0v) is 17.6. The fraction of sp³-hybridized carbons (Fsp3) is 0.545. The number of hydrogen-bond donors (Lipinski definition) is 1. The highest BCUT2D eigenvalue weighted by atomic mass is 16.7. The van der Waals surface area contributed by atoms with Crippen molar-refractivity contribution in [2.75, 3.05) is 0 Å². The van der Waals surface area contributed by atoms with Gasteiger partial charge in [0.15, 0.2) is 6.04 Å². The van der Waals surface area contributed by atoms with E-state index in [1.807, 2.05) is 45.0 Å². The standard InChI is InChI=1S/C22H31N3O3/c1-7-20(3,4)16-11-9-12-17(15-16)23-24-19-14-10-13-18(21(5,6)8-2)22(19,26)25(27)28/h9-15,19,26H,7-8H2,1-6H3. The van der Waals surface area contributed by atoms with E-state index >= 15 is 0 Å². The summed E-state index contributed by atoms with van der Waals surface area (Å²) in [6, 6.07) is 6.61. The summed E-state index contributed by atoms with van der Waals surface area (Å²) in [4.78, 5) is 11.2. The normalized spacial score (nSPS) is 23.1. The molecule has 1 aromatic rings. The highest BCUT2D eigenvalue weighted by Gasteiger charge is 2.57. The van der Waals surface area contributed by atoms with E-state index in [4.69, 9.17) is 0 Å². The maximum atomic E-state index is 11.9. The van der Waals surface area contributed by atoms with E-state index in [-0.39, 0.29) is 5.41 Å². The van der Waals surface area contributed by atoms with Crippen molar-refractivity contribution < 1.29 is 10.0 Å². The second-order valence-corrected chi connectivity index (χ2v) is 8.63. The lowest BCUT2D eigenvalue weighted by atomic mass is 9.72. The molecule has 2 rings (SSSR count). The Kier molecular flexibility index (Phi) is 6.24. The van der Waals surface area contributed by atoms with Gasteiger partial charge in [0, 0.05) is 5.57 Å². The predicted octanol–water partition coefficient (Wildman–Crippen LogP) is 5.72. The number of benzene rings is 1. The van der Waals surface area contributed by atoms with Crippen molar-refractivity contribution in [3.63, 3.8) is 0 Å². The Hall–Kier alpha value is -2.34. The fourth-order valence-corrected chi connectivity index (χ4v) is 3.23. The van der Waals surface area contributed by atoms with Gasteiger partial charge >= 0.3 is 5.72 Å². The molecule has 1 N–H and O–H groups in total. The maximum Gasteiger partial charge on any atom is 0.373 e. The number of nitrogens with zero attached hydrogens (tertiary/aromatic N) is 3. The minimum atomic E-state index is -2.31. The number of nitro groups is 1. The Morgan fingerprint density at radius 3 is 2.39 bits per heavy atom. The monoisotopic (exact) mass is 385 g/mol. The van der Waals surface area contributed by atoms with E-state index in [9.17, 15) is 15.2 Å². The van der Waals surface area contributed by atoms with E-state index in [0.717, 1.165) is 12.0 Å². The Bertz CT molecular complexity index is 824. The summed E-state index contributed by atoms with van der Waals surface area (Å²) in [5, 5.41) is 31.4. The lowest BCUT2D eigenvalue weighted by Gasteiger charge is -2.36. The average Bonchev–Trinajstić information content (AvgIpc) is 2.67. The molecule has 0 aliphatic heterocycles. The molecule has 2 atom stereocenters. The van der Waals surface area contributed by atoms with Gasteiger partial charge in [-0.3, -0.25) is 10.1 Å². The van der Waals surface area contributed by atoms with E-state index in [0.29, 0.717) is 17.7 Å². The van der Waals surface area contributed by atoms with Gasteiger partial charge in [-0.15, -0.1) is 0 Å². The smallest absolute Gasteiger partial charge is 0.325 e. The summed E-state index contributed by atoms with van der Waals surface area (Å²) >= 11 is 0. The van der Waals surface area contributed by atoms with E-state index in [2.05, 4.69) is 31.0 Å². The first-order valence-electron chi connectivity index (χ1n) is 9.76. The summed E-state index contributed by atoms with van der Waals surface area (Å²) in [7, 11) is 0. The summed E-state index contributed by atoms with van der Waals surface area (Å²) in [6.45, 7) is 12.2. The number of hydrogen-bond acceptors (Lipinski definition) is 5. The molecular formula is C22H31N3O3. The van der Waals surface area contributed by atoms with Crippen molar-refractivity contribution >= 4 is 5.69 Å². The molecular weight excluding hydrogens is 354 g/mol. The van der Waals surface area contributed by atoms with Crippen LogP contribution in [0, 0.1) is 15.5 Å². The van der Waals surface area contributed by atoms with Gasteiger partial charge in [0.2, 0.25) is 0 Å². The maximum absolute atomic E-state index is 11.9. The number of rotatable bonds is 7. The van der Waals surface area contributed by atoms with Crippen molar-refractivity contribution in [3.8, 4) is 0 Å². The molecule has 0 heterocycles. The quantitative estimate of drug-likeness (QED) is 0.281. The third kappa shape index (κ3) is 4.07. The van der Waals surface area contributed by atoms with E-state index in [1.165, 1.54) is 6.08 Å². The van der Waals surface area contributed by atoms with Crippen LogP contribution in [0.15, 0.2) is 58.3 Å². The first-order chi connectivity index (χ1) is 13.0. The molecule has 0 radical (unpaired) electrons. The molecule has 152 valence electrons. The molecule has 0 saturated carbocycles. The van der Waals surface area contributed by atoms with Crippen LogP contribution in [0.25, 0.3) is 0 Å². The third-order valence-electron chi connectivity index (χ3n) is 6.07. The first kappa shape index (κ1) is 22.0. The van der Waals surface area contributed by atoms with Crippen molar-refractivity contribution in [2.24, 2.45) is 15.6 Å². The molecule has 0 bridgehead atoms. The van der Waals surface area contributed by atoms with Gasteiger partial charge in [-0.2, -0.15) is 10.2 Å². The largest absolute Gasteiger partial charge is 0.373 e. The molecule has 28 heavy (non-hydrogen) atoms. The Labute approximate surface area is 167 Å². The SMILES string of the molecule is CCC(C)(C)C1=CC=CC(N=Nc2cccc(C(C)(C)CC)c2)C1(O)[N+](=O)[O-]. The van der Waals surface area contributed by atoms with Crippen molar-refractivity contribution in [3.05, 3.63) is 63.7 Å². The van der Waals surface area contributed by atoms with E-state index in [1.54, 1.807) is 12.2 Å². The average molecular weight is 386 g/mol. The molecule has 0 saturated heterocycles. The van der Waals surface area contributed by atoms with Crippen LogP contribution in [0.1, 0.15) is 59.9 Å². The minimum Gasteiger partial charge on any atom is -0.325 e. The van der Waals surface area contributed by atoms with Crippen LogP contribution < -0.4 is 0 Å². The zero-order chi connectivity index (χ0) is 21.2. The van der Waals surface area contributed by atoms with Crippen molar-refractivity contribution in [1.29, 1.82) is 0 Å². The lowest BCUT2D eigenvalue weighted by molar-refractivity contribution is -0.615. The molecule has 6 nitrogen and oxygen atoms in total. The Balaban J connectivity index is 2.41. The summed E-state index contributed by atoms with van der Waals surface area (Å²) in [5.74, 6) is 0. The van der Waals surface area contributed by atoms with Crippen LogP contribution in [0.2, 0.25) is 0 Å². The molecule has 0 fully saturated rings. The van der Waals surface area contributed by atoms with Gasteiger partial charge in [-0.05, 0) is 47.4 Å². The molecule has 6 heteroatoms. The second-order valence-electron chi connectivity index (χ2n) is 8.63. The summed E-state index contributed by atoms with van der Waals surface area (Å²) < 4.78 is 0. The highest BCUT2D eigenvalue weighted by Crippen LogP contribution is 2.42. The highest BCUT2D eigenvalue weighted by molar-refractivity contribution is 5.42. The third-order valence-corrected chi connectivity index (χ3v) is 6.07. The van der Waals surface area contributed by atoms with Gasteiger partial charge in [0.05, 0.1) is 10.6 Å². The molecule has 1 aromatic carbocycles. The minimum absolute atomic E-state index is 0.00109.